The number of hydrogen-bond acceptors (Lipinski definition) is 2. The normalized spacial score (nSPS) is 11.3. The largest absolute Gasteiger partial charge is 0.464 e. The minimum Gasteiger partial charge on any atom is -0.464 e. The maximum atomic E-state index is 12.1. The lowest BCUT2D eigenvalue weighted by molar-refractivity contribution is 0.100. The van der Waals surface area contributed by atoms with E-state index in [2.05, 4.69) is 47.9 Å². The summed E-state index contributed by atoms with van der Waals surface area (Å²) in [6.45, 7) is 2.77. The highest BCUT2D eigenvalue weighted by Gasteiger charge is 2.18. The number of nitrogens with two attached hydrogens (primary N) is 1. The number of furan rings is 1. The van der Waals surface area contributed by atoms with Crippen LogP contribution in [0, 0.1) is 13.0 Å². The molecule has 29 heavy (non-hydrogen) atoms. The third-order valence-corrected chi connectivity index (χ3v) is 5.29. The summed E-state index contributed by atoms with van der Waals surface area (Å²) < 4.78 is 7.79. The van der Waals surface area contributed by atoms with Gasteiger partial charge in [-0.3, -0.25) is 4.79 Å². The van der Waals surface area contributed by atoms with Gasteiger partial charge in [0.25, 0.3) is 0 Å². The van der Waals surface area contributed by atoms with Crippen LogP contribution < -0.4 is 5.73 Å². The lowest BCUT2D eigenvalue weighted by Gasteiger charge is -2.09. The molecule has 0 aliphatic carbocycles. The third-order valence-electron chi connectivity index (χ3n) is 5.29. The number of aryl methyl sites for hydroxylation is 1. The van der Waals surface area contributed by atoms with E-state index in [0.717, 1.165) is 33.1 Å². The predicted molar refractivity (Wildman–Crippen MR) is 115 cm³/mol. The van der Waals surface area contributed by atoms with Gasteiger partial charge in [0.05, 0.1) is 17.3 Å². The fourth-order valence-electron chi connectivity index (χ4n) is 4.01. The van der Waals surface area contributed by atoms with Gasteiger partial charge in [-0.25, -0.2) is 0 Å². The topological polar surface area (TPSA) is 61.2 Å². The zero-order valence-electron chi connectivity index (χ0n) is 16.0. The van der Waals surface area contributed by atoms with E-state index in [1.165, 1.54) is 11.1 Å². The second kappa shape index (κ2) is 6.67. The number of primary amides is 1. The molecule has 2 aromatic heterocycles. The lowest BCUT2D eigenvalue weighted by atomic mass is 10.0. The Kier molecular flexibility index (Phi) is 3.98. The van der Waals surface area contributed by atoms with E-state index in [1.807, 2.05) is 30.3 Å². The molecule has 1 radical (unpaired) electrons. The highest BCUT2D eigenvalue weighted by Crippen LogP contribution is 2.34. The molecular weight excluding hydrogens is 360 g/mol. The molecule has 141 valence electrons. The van der Waals surface area contributed by atoms with Crippen molar-refractivity contribution in [1.29, 1.82) is 0 Å². The molecule has 2 N–H and O–H groups in total. The zero-order valence-corrected chi connectivity index (χ0v) is 16.0. The van der Waals surface area contributed by atoms with Gasteiger partial charge in [0.15, 0.2) is 0 Å². The number of amides is 1. The molecule has 0 saturated heterocycles. The molecule has 4 nitrogen and oxygen atoms in total. The number of benzene rings is 3. The molecule has 0 bridgehead atoms. The number of nitrogens with zero attached hydrogens (tertiary/aromatic N) is 1. The Morgan fingerprint density at radius 1 is 1.07 bits per heavy atom. The van der Waals surface area contributed by atoms with Gasteiger partial charge < -0.3 is 14.7 Å². The van der Waals surface area contributed by atoms with Crippen LogP contribution in [0.4, 0.5) is 0 Å². The summed E-state index contributed by atoms with van der Waals surface area (Å²) in [5, 5.41) is 1.73. The maximum Gasteiger partial charge on any atom is 0.249 e. The molecule has 0 spiro atoms. The van der Waals surface area contributed by atoms with Crippen molar-refractivity contribution in [2.24, 2.45) is 5.73 Å². The van der Waals surface area contributed by atoms with Crippen LogP contribution in [-0.2, 0) is 6.54 Å². The SMILES string of the molecule is Cc1cccc(Cn2c3cc(-c4ccco4)c[c]c3c3c(C(N)=O)cccc32)c1. The van der Waals surface area contributed by atoms with E-state index in [-0.39, 0.29) is 0 Å². The van der Waals surface area contributed by atoms with Crippen molar-refractivity contribution in [3.63, 3.8) is 0 Å². The molecule has 0 atom stereocenters. The molecule has 5 rings (SSSR count). The Bertz CT molecular complexity index is 1360. The van der Waals surface area contributed by atoms with Crippen LogP contribution >= 0.6 is 0 Å². The Morgan fingerprint density at radius 3 is 2.69 bits per heavy atom. The molecule has 3 aromatic carbocycles. The number of fused-ring (bicyclic) bond motifs is 3. The van der Waals surface area contributed by atoms with Crippen LogP contribution in [0.5, 0.6) is 0 Å². The molecule has 1 amide bonds. The number of carbonyl (C=O) groups excluding carboxylic acids is 1. The van der Waals surface area contributed by atoms with Crippen molar-refractivity contribution in [3.05, 3.63) is 95.7 Å². The van der Waals surface area contributed by atoms with Crippen molar-refractivity contribution in [3.8, 4) is 11.3 Å². The Balaban J connectivity index is 1.82. The first-order chi connectivity index (χ1) is 14.1. The molecule has 2 heterocycles. The van der Waals surface area contributed by atoms with Gasteiger partial charge in [0.2, 0.25) is 5.91 Å². The van der Waals surface area contributed by atoms with E-state index in [1.54, 1.807) is 12.3 Å². The highest BCUT2D eigenvalue weighted by molar-refractivity contribution is 6.18. The molecule has 0 aliphatic rings. The fraction of sp³-hybridized carbons (Fsp3) is 0.0800. The van der Waals surface area contributed by atoms with E-state index in [4.69, 9.17) is 10.2 Å². The Hall–Kier alpha value is -3.79. The van der Waals surface area contributed by atoms with Gasteiger partial charge >= 0.3 is 0 Å². The quantitative estimate of drug-likeness (QED) is 0.460. The van der Waals surface area contributed by atoms with E-state index < -0.39 is 5.91 Å². The average Bonchev–Trinajstić information content (AvgIpc) is 3.35. The van der Waals surface area contributed by atoms with Crippen molar-refractivity contribution < 1.29 is 9.21 Å². The molecule has 0 unspecified atom stereocenters. The molecule has 5 aromatic rings. The van der Waals surface area contributed by atoms with Crippen LogP contribution in [0.3, 0.4) is 0 Å². The second-order valence-corrected chi connectivity index (χ2v) is 7.27. The van der Waals surface area contributed by atoms with E-state index >= 15 is 0 Å². The van der Waals surface area contributed by atoms with Gasteiger partial charge in [0, 0.05) is 28.4 Å². The number of carbonyl (C=O) groups is 1. The lowest BCUT2D eigenvalue weighted by Crippen LogP contribution is -2.11. The highest BCUT2D eigenvalue weighted by atomic mass is 16.3. The number of hydrogen-bond donors (Lipinski definition) is 1. The average molecular weight is 379 g/mol. The van der Waals surface area contributed by atoms with Crippen molar-refractivity contribution in [2.45, 2.75) is 13.5 Å². The van der Waals surface area contributed by atoms with Crippen LogP contribution in [-0.4, -0.2) is 10.5 Å². The summed E-state index contributed by atoms with van der Waals surface area (Å²) in [5.41, 5.74) is 11.5. The predicted octanol–water partition coefficient (Wildman–Crippen LogP) is 5.31. The first kappa shape index (κ1) is 17.3. The third kappa shape index (κ3) is 2.90. The number of aromatic nitrogens is 1. The Morgan fingerprint density at radius 2 is 1.93 bits per heavy atom. The summed E-state index contributed by atoms with van der Waals surface area (Å²) in [6, 6.07) is 25.3. The molecule has 4 heteroatoms. The van der Waals surface area contributed by atoms with Crippen LogP contribution in [0.15, 0.2) is 77.4 Å². The second-order valence-electron chi connectivity index (χ2n) is 7.27. The first-order valence-corrected chi connectivity index (χ1v) is 9.48. The Labute approximate surface area is 168 Å². The molecule has 0 saturated carbocycles. The van der Waals surface area contributed by atoms with Crippen LogP contribution in [0.25, 0.3) is 33.1 Å². The van der Waals surface area contributed by atoms with E-state index in [0.29, 0.717) is 12.1 Å². The van der Waals surface area contributed by atoms with Crippen LogP contribution in [0.1, 0.15) is 21.5 Å². The maximum absolute atomic E-state index is 12.1. The monoisotopic (exact) mass is 379 g/mol. The summed E-state index contributed by atoms with van der Waals surface area (Å²) in [5.74, 6) is 0.347. The van der Waals surface area contributed by atoms with Crippen molar-refractivity contribution in [1.82, 2.24) is 4.57 Å². The summed E-state index contributed by atoms with van der Waals surface area (Å²) >= 11 is 0. The first-order valence-electron chi connectivity index (χ1n) is 9.48. The minimum absolute atomic E-state index is 0.436. The summed E-state index contributed by atoms with van der Waals surface area (Å²) in [6.07, 6.45) is 1.66. The van der Waals surface area contributed by atoms with Gasteiger partial charge in [-0.15, -0.1) is 0 Å². The van der Waals surface area contributed by atoms with Gasteiger partial charge in [-0.05, 0) is 55.0 Å². The number of rotatable bonds is 4. The fourth-order valence-corrected chi connectivity index (χ4v) is 4.01. The zero-order chi connectivity index (χ0) is 20.0. The molecular formula is C25H19N2O2. The van der Waals surface area contributed by atoms with Crippen molar-refractivity contribution >= 4 is 27.7 Å². The summed E-state index contributed by atoms with van der Waals surface area (Å²) in [4.78, 5) is 12.1. The van der Waals surface area contributed by atoms with Gasteiger partial charge in [-0.1, -0.05) is 35.9 Å². The van der Waals surface area contributed by atoms with E-state index in [9.17, 15) is 4.79 Å². The smallest absolute Gasteiger partial charge is 0.249 e. The molecule has 0 aliphatic heterocycles. The van der Waals surface area contributed by atoms with Gasteiger partial charge in [0.1, 0.15) is 5.76 Å². The summed E-state index contributed by atoms with van der Waals surface area (Å²) in [7, 11) is 0. The van der Waals surface area contributed by atoms with Crippen molar-refractivity contribution in [2.75, 3.05) is 0 Å². The standard InChI is InChI=1S/C25H19N2O2/c1-16-5-2-6-17(13-16)15-27-21-8-3-7-20(25(26)28)24(21)19-11-10-18(14-22(19)27)23-9-4-12-29-23/h2-10,12-14H,15H2,1H3,(H2,26,28). The van der Waals surface area contributed by atoms with Gasteiger partial charge in [-0.2, -0.15) is 0 Å². The van der Waals surface area contributed by atoms with Crippen LogP contribution in [0.2, 0.25) is 0 Å². The minimum atomic E-state index is -0.436. The molecule has 0 fully saturated rings.